The number of hydrogen-bond donors (Lipinski definition) is 0. The van der Waals surface area contributed by atoms with Gasteiger partial charge in [0.25, 0.3) is 0 Å². The van der Waals surface area contributed by atoms with Crippen LogP contribution in [0.5, 0.6) is 0 Å². The Bertz CT molecular complexity index is 153. The van der Waals surface area contributed by atoms with Gasteiger partial charge < -0.3 is 4.79 Å². The first-order chi connectivity index (χ1) is 6.29. The summed E-state index contributed by atoms with van der Waals surface area (Å²) in [5.41, 5.74) is 0. The van der Waals surface area contributed by atoms with Crippen LogP contribution in [-0.2, 0) is 4.79 Å². The zero-order valence-electron chi connectivity index (χ0n) is 8.25. The summed E-state index contributed by atoms with van der Waals surface area (Å²) >= 11 is 4.20. The number of thioether (sulfide) groups is 2. The molecular formula is C10H18OS2. The third-order valence-electron chi connectivity index (χ3n) is 2.11. The lowest BCUT2D eigenvalue weighted by Crippen LogP contribution is -2.06. The van der Waals surface area contributed by atoms with Crippen molar-refractivity contribution in [3.63, 3.8) is 0 Å². The van der Waals surface area contributed by atoms with E-state index >= 15 is 0 Å². The lowest BCUT2D eigenvalue weighted by molar-refractivity contribution is -0.117. The largest absolute Gasteiger partial charge is 0.300 e. The van der Waals surface area contributed by atoms with Gasteiger partial charge >= 0.3 is 0 Å². The lowest BCUT2D eigenvalue weighted by atomic mass is 10.1. The monoisotopic (exact) mass is 218 g/mol. The second-order valence-corrected chi connectivity index (χ2v) is 6.39. The van der Waals surface area contributed by atoms with Gasteiger partial charge in [-0.25, -0.2) is 0 Å². The Labute approximate surface area is 89.4 Å². The molecule has 1 saturated heterocycles. The maximum atomic E-state index is 10.7. The van der Waals surface area contributed by atoms with Gasteiger partial charge in [-0.1, -0.05) is 6.42 Å². The summed E-state index contributed by atoms with van der Waals surface area (Å²) in [5, 5.41) is 0. The number of ketones is 1. The van der Waals surface area contributed by atoms with Crippen LogP contribution in [0.15, 0.2) is 0 Å². The minimum absolute atomic E-state index is 0.337. The zero-order valence-corrected chi connectivity index (χ0v) is 9.88. The molecule has 0 atom stereocenters. The smallest absolute Gasteiger partial charge is 0.129 e. The van der Waals surface area contributed by atoms with Gasteiger partial charge in [0.05, 0.1) is 4.58 Å². The van der Waals surface area contributed by atoms with Crippen LogP contribution in [0.3, 0.4) is 0 Å². The number of hydrogen-bond acceptors (Lipinski definition) is 3. The number of carbonyl (C=O) groups excluding carboxylic acids is 1. The standard InChI is InChI=1S/C10H18OS2/c1-9(11)5-2-3-6-10-12-7-4-8-13-10/h10H,2-8H2,1H3. The van der Waals surface area contributed by atoms with Crippen LogP contribution >= 0.6 is 23.5 Å². The van der Waals surface area contributed by atoms with Gasteiger partial charge in [-0.05, 0) is 37.7 Å². The second kappa shape index (κ2) is 6.77. The number of carbonyl (C=O) groups is 1. The van der Waals surface area contributed by atoms with E-state index < -0.39 is 0 Å². The number of rotatable bonds is 5. The van der Waals surface area contributed by atoms with E-state index in [2.05, 4.69) is 23.5 Å². The van der Waals surface area contributed by atoms with Crippen molar-refractivity contribution in [2.24, 2.45) is 0 Å². The van der Waals surface area contributed by atoms with E-state index in [0.29, 0.717) is 5.78 Å². The first kappa shape index (κ1) is 11.4. The summed E-state index contributed by atoms with van der Waals surface area (Å²) in [6.07, 6.45) is 5.77. The maximum absolute atomic E-state index is 10.7. The highest BCUT2D eigenvalue weighted by Gasteiger charge is 2.13. The average molecular weight is 218 g/mol. The SMILES string of the molecule is CC(=O)CCCCC1SCCCS1. The fourth-order valence-electron chi connectivity index (χ4n) is 1.39. The van der Waals surface area contributed by atoms with Crippen molar-refractivity contribution in [2.75, 3.05) is 11.5 Å². The molecule has 0 spiro atoms. The van der Waals surface area contributed by atoms with E-state index in [1.165, 1.54) is 30.8 Å². The Morgan fingerprint density at radius 2 is 2.00 bits per heavy atom. The molecule has 3 heteroatoms. The Morgan fingerprint density at radius 1 is 1.31 bits per heavy atom. The van der Waals surface area contributed by atoms with Gasteiger partial charge in [-0.3, -0.25) is 0 Å². The van der Waals surface area contributed by atoms with Crippen LogP contribution in [0, 0.1) is 0 Å². The molecule has 76 valence electrons. The van der Waals surface area contributed by atoms with Crippen molar-refractivity contribution in [3.8, 4) is 0 Å². The van der Waals surface area contributed by atoms with Crippen LogP contribution in [0.1, 0.15) is 39.0 Å². The molecule has 13 heavy (non-hydrogen) atoms. The van der Waals surface area contributed by atoms with E-state index in [1.54, 1.807) is 6.92 Å². The molecule has 0 aliphatic carbocycles. The Kier molecular flexibility index (Phi) is 5.96. The molecule has 1 aliphatic rings. The van der Waals surface area contributed by atoms with E-state index in [4.69, 9.17) is 0 Å². The molecule has 1 nitrogen and oxygen atoms in total. The van der Waals surface area contributed by atoms with E-state index in [9.17, 15) is 4.79 Å². The Morgan fingerprint density at radius 3 is 2.62 bits per heavy atom. The van der Waals surface area contributed by atoms with Crippen molar-refractivity contribution >= 4 is 29.3 Å². The minimum atomic E-state index is 0.337. The first-order valence-corrected chi connectivity index (χ1v) is 7.11. The summed E-state index contributed by atoms with van der Waals surface area (Å²) in [7, 11) is 0. The normalized spacial score (nSPS) is 18.8. The van der Waals surface area contributed by atoms with Crippen molar-refractivity contribution in [1.82, 2.24) is 0 Å². The zero-order chi connectivity index (χ0) is 9.52. The fourth-order valence-corrected chi connectivity index (χ4v) is 4.35. The van der Waals surface area contributed by atoms with Crippen LogP contribution in [0.25, 0.3) is 0 Å². The van der Waals surface area contributed by atoms with Crippen molar-refractivity contribution < 1.29 is 4.79 Å². The van der Waals surface area contributed by atoms with Crippen LogP contribution in [-0.4, -0.2) is 21.9 Å². The van der Waals surface area contributed by atoms with E-state index in [-0.39, 0.29) is 0 Å². The molecule has 1 heterocycles. The number of Topliss-reactive ketones (excluding diaryl/α,β-unsaturated/α-hetero) is 1. The van der Waals surface area contributed by atoms with Crippen LogP contribution in [0.4, 0.5) is 0 Å². The van der Waals surface area contributed by atoms with Crippen LogP contribution < -0.4 is 0 Å². The molecule has 0 bridgehead atoms. The van der Waals surface area contributed by atoms with Gasteiger partial charge in [0.15, 0.2) is 0 Å². The van der Waals surface area contributed by atoms with Gasteiger partial charge in [0.1, 0.15) is 5.78 Å². The van der Waals surface area contributed by atoms with Crippen molar-refractivity contribution in [2.45, 2.75) is 43.6 Å². The van der Waals surface area contributed by atoms with E-state index in [1.807, 2.05) is 0 Å². The average Bonchev–Trinajstić information content (AvgIpc) is 2.14. The summed E-state index contributed by atoms with van der Waals surface area (Å²) in [4.78, 5) is 10.7. The summed E-state index contributed by atoms with van der Waals surface area (Å²) in [6.45, 7) is 1.68. The molecule has 0 aromatic heterocycles. The van der Waals surface area contributed by atoms with Crippen molar-refractivity contribution in [3.05, 3.63) is 0 Å². The predicted octanol–water partition coefficient (Wildman–Crippen LogP) is 3.33. The molecule has 0 aromatic rings. The predicted molar refractivity (Wildman–Crippen MR) is 62.5 cm³/mol. The number of unbranched alkanes of at least 4 members (excludes halogenated alkanes) is 1. The Balaban J connectivity index is 1.95. The van der Waals surface area contributed by atoms with Gasteiger partial charge in [-0.2, -0.15) is 0 Å². The van der Waals surface area contributed by atoms with Crippen molar-refractivity contribution in [1.29, 1.82) is 0 Å². The third kappa shape index (κ3) is 5.63. The summed E-state index contributed by atoms with van der Waals surface area (Å²) in [6, 6.07) is 0. The maximum Gasteiger partial charge on any atom is 0.129 e. The highest BCUT2D eigenvalue weighted by atomic mass is 32.2. The molecule has 0 unspecified atom stereocenters. The molecule has 1 rings (SSSR count). The molecule has 0 saturated carbocycles. The quantitative estimate of drug-likeness (QED) is 0.659. The fraction of sp³-hybridized carbons (Fsp3) is 0.900. The van der Waals surface area contributed by atoms with Crippen LogP contribution in [0.2, 0.25) is 0 Å². The molecule has 0 amide bonds. The van der Waals surface area contributed by atoms with Gasteiger partial charge in [0, 0.05) is 6.42 Å². The molecule has 1 aliphatic heterocycles. The van der Waals surface area contributed by atoms with E-state index in [0.717, 1.165) is 17.4 Å². The molecule has 1 fully saturated rings. The molecule has 0 aromatic carbocycles. The van der Waals surface area contributed by atoms with Gasteiger partial charge in [-0.15, -0.1) is 23.5 Å². The summed E-state index contributed by atoms with van der Waals surface area (Å²) in [5.74, 6) is 3.01. The Hall–Kier alpha value is 0.370. The molecular weight excluding hydrogens is 200 g/mol. The topological polar surface area (TPSA) is 17.1 Å². The first-order valence-electron chi connectivity index (χ1n) is 5.01. The molecule has 0 radical (unpaired) electrons. The highest BCUT2D eigenvalue weighted by Crippen LogP contribution is 2.33. The third-order valence-corrected chi connectivity index (χ3v) is 5.20. The highest BCUT2D eigenvalue weighted by molar-refractivity contribution is 8.17. The minimum Gasteiger partial charge on any atom is -0.300 e. The lowest BCUT2D eigenvalue weighted by Gasteiger charge is -2.20. The van der Waals surface area contributed by atoms with Gasteiger partial charge in [0.2, 0.25) is 0 Å². The summed E-state index contributed by atoms with van der Waals surface area (Å²) < 4.78 is 0.820. The second-order valence-electron chi connectivity index (χ2n) is 3.47. The molecule has 0 N–H and O–H groups in total.